The van der Waals surface area contributed by atoms with Crippen LogP contribution in [-0.4, -0.2) is 40.0 Å². The van der Waals surface area contributed by atoms with Crippen LogP contribution in [0.3, 0.4) is 0 Å². The molecule has 1 aromatic heterocycles. The number of ketones is 1. The molecule has 1 amide bonds. The van der Waals surface area contributed by atoms with Gasteiger partial charge in [-0.3, -0.25) is 14.4 Å². The molecule has 0 saturated heterocycles. The van der Waals surface area contributed by atoms with Gasteiger partial charge in [-0.2, -0.15) is 0 Å². The topological polar surface area (TPSA) is 115 Å². The number of esters is 1. The number of aliphatic hydroxyl groups excluding tert-OH is 1. The summed E-state index contributed by atoms with van der Waals surface area (Å²) in [5.74, 6) is -1.87. The number of rotatable bonds is 8. The molecule has 0 saturated carbocycles. The summed E-state index contributed by atoms with van der Waals surface area (Å²) >= 11 is 0. The van der Waals surface area contributed by atoms with E-state index in [1.165, 1.54) is 25.3 Å². The van der Waals surface area contributed by atoms with Crippen molar-refractivity contribution in [2.45, 2.75) is 26.1 Å². The highest BCUT2D eigenvalue weighted by atomic mass is 16.5. The highest BCUT2D eigenvalue weighted by Crippen LogP contribution is 2.02. The van der Waals surface area contributed by atoms with E-state index in [1.54, 1.807) is 24.3 Å². The fourth-order valence-corrected chi connectivity index (χ4v) is 2.33. The number of benzene rings is 1. The number of amides is 1. The Balaban J connectivity index is 1.96. The fraction of sp³-hybridized carbons (Fsp3) is 0.263. The van der Waals surface area contributed by atoms with Gasteiger partial charge in [0.05, 0.1) is 12.2 Å². The number of Topliss-reactive ketones (excluding diaryl/α,β-unsaturated/α-hetero) is 1. The van der Waals surface area contributed by atoms with Crippen molar-refractivity contribution >= 4 is 17.7 Å². The van der Waals surface area contributed by atoms with Crippen LogP contribution < -0.4 is 10.9 Å². The highest BCUT2D eigenvalue weighted by molar-refractivity contribution is 5.93. The Morgan fingerprint density at radius 2 is 1.85 bits per heavy atom. The van der Waals surface area contributed by atoms with Crippen LogP contribution in [0.15, 0.2) is 53.5 Å². The first-order valence-electron chi connectivity index (χ1n) is 8.23. The van der Waals surface area contributed by atoms with Gasteiger partial charge in [0.25, 0.3) is 5.56 Å². The summed E-state index contributed by atoms with van der Waals surface area (Å²) < 4.78 is 6.13. The zero-order chi connectivity index (χ0) is 19.8. The second-order valence-corrected chi connectivity index (χ2v) is 5.81. The van der Waals surface area contributed by atoms with Gasteiger partial charge in [-0.15, -0.1) is 0 Å². The maximum atomic E-state index is 12.1. The van der Waals surface area contributed by atoms with Crippen LogP contribution >= 0.6 is 0 Å². The first kappa shape index (κ1) is 20.1. The van der Waals surface area contributed by atoms with Crippen LogP contribution in [-0.2, 0) is 27.5 Å². The number of hydrogen-bond donors (Lipinski definition) is 2. The molecule has 0 spiro atoms. The molecule has 1 atom stereocenters. The van der Waals surface area contributed by atoms with E-state index < -0.39 is 42.4 Å². The van der Waals surface area contributed by atoms with E-state index >= 15 is 0 Å². The molecule has 1 heterocycles. The summed E-state index contributed by atoms with van der Waals surface area (Å²) in [6.07, 6.45) is 1.36. The molecule has 0 fully saturated rings. The van der Waals surface area contributed by atoms with Gasteiger partial charge in [0, 0.05) is 6.20 Å². The number of ether oxygens (including phenoxy) is 1. The minimum absolute atomic E-state index is 0.00611. The molecule has 8 heteroatoms. The minimum atomic E-state index is -1.26. The molecule has 27 heavy (non-hydrogen) atoms. The molecule has 142 valence electrons. The van der Waals surface area contributed by atoms with E-state index in [0.717, 1.165) is 10.1 Å². The van der Waals surface area contributed by atoms with E-state index in [1.807, 2.05) is 6.07 Å². The maximum absolute atomic E-state index is 12.1. The number of aromatic nitrogens is 1. The Bertz CT molecular complexity index is 875. The van der Waals surface area contributed by atoms with Crippen molar-refractivity contribution in [2.24, 2.45) is 0 Å². The average Bonchev–Trinajstić information content (AvgIpc) is 2.66. The lowest BCUT2D eigenvalue weighted by Gasteiger charge is -2.16. The fourth-order valence-electron chi connectivity index (χ4n) is 2.33. The standard InChI is InChI=1S/C19H20N2O6/c1-13(23)15-8-5-9-21(18(15)25)10-17(24)20-16(11-22)19(26)27-12-14-6-3-2-4-7-14/h2-9,16,22H,10-12H2,1H3,(H,20,24). The normalized spacial score (nSPS) is 11.5. The van der Waals surface area contributed by atoms with E-state index in [2.05, 4.69) is 5.32 Å². The Labute approximate surface area is 155 Å². The predicted molar refractivity (Wildman–Crippen MR) is 96.0 cm³/mol. The molecule has 0 radical (unpaired) electrons. The van der Waals surface area contributed by atoms with Gasteiger partial charge < -0.3 is 19.7 Å². The van der Waals surface area contributed by atoms with E-state index in [0.29, 0.717) is 0 Å². The molecule has 1 aromatic carbocycles. The first-order valence-corrected chi connectivity index (χ1v) is 8.23. The summed E-state index contributed by atoms with van der Waals surface area (Å²) in [5.41, 5.74) is 0.125. The Kier molecular flexibility index (Phi) is 7.01. The second kappa shape index (κ2) is 9.44. The third-order valence-corrected chi connectivity index (χ3v) is 3.74. The van der Waals surface area contributed by atoms with Crippen LogP contribution in [0.1, 0.15) is 22.8 Å². The van der Waals surface area contributed by atoms with Crippen molar-refractivity contribution in [2.75, 3.05) is 6.61 Å². The van der Waals surface area contributed by atoms with Gasteiger partial charge in [-0.1, -0.05) is 30.3 Å². The molecule has 8 nitrogen and oxygen atoms in total. The van der Waals surface area contributed by atoms with E-state index in [4.69, 9.17) is 4.74 Å². The van der Waals surface area contributed by atoms with Crippen molar-refractivity contribution in [1.82, 2.24) is 9.88 Å². The lowest BCUT2D eigenvalue weighted by molar-refractivity contribution is -0.150. The Morgan fingerprint density at radius 3 is 2.48 bits per heavy atom. The third-order valence-electron chi connectivity index (χ3n) is 3.74. The molecule has 2 rings (SSSR count). The summed E-state index contributed by atoms with van der Waals surface area (Å²) in [6.45, 7) is 0.210. The third kappa shape index (κ3) is 5.61. The van der Waals surface area contributed by atoms with E-state index in [-0.39, 0.29) is 12.2 Å². The largest absolute Gasteiger partial charge is 0.459 e. The number of carbonyl (C=O) groups excluding carboxylic acids is 3. The molecule has 0 aliphatic rings. The zero-order valence-corrected chi connectivity index (χ0v) is 14.8. The van der Waals surface area contributed by atoms with Gasteiger partial charge in [0.2, 0.25) is 5.91 Å². The molecule has 1 unspecified atom stereocenters. The maximum Gasteiger partial charge on any atom is 0.331 e. The Morgan fingerprint density at radius 1 is 1.15 bits per heavy atom. The Hall–Kier alpha value is -3.26. The van der Waals surface area contributed by atoms with E-state index in [9.17, 15) is 24.3 Å². The molecular weight excluding hydrogens is 352 g/mol. The van der Waals surface area contributed by atoms with Crippen molar-refractivity contribution in [3.8, 4) is 0 Å². The molecule has 2 N–H and O–H groups in total. The summed E-state index contributed by atoms with van der Waals surface area (Å²) in [4.78, 5) is 47.7. The molecule has 0 bridgehead atoms. The lowest BCUT2D eigenvalue weighted by Crippen LogP contribution is -2.46. The van der Waals surface area contributed by atoms with Gasteiger partial charge in [-0.05, 0) is 24.6 Å². The van der Waals surface area contributed by atoms with Gasteiger partial charge in [0.15, 0.2) is 11.8 Å². The number of nitrogens with zero attached hydrogens (tertiary/aromatic N) is 1. The number of carbonyl (C=O) groups is 3. The van der Waals surface area contributed by atoms with Gasteiger partial charge in [-0.25, -0.2) is 4.79 Å². The van der Waals surface area contributed by atoms with Crippen molar-refractivity contribution in [3.05, 3.63) is 70.1 Å². The van der Waals surface area contributed by atoms with Crippen molar-refractivity contribution < 1.29 is 24.2 Å². The SMILES string of the molecule is CC(=O)c1cccn(CC(=O)NC(CO)C(=O)OCc2ccccc2)c1=O. The molecular formula is C19H20N2O6. The predicted octanol–water partition coefficient (Wildman–Crippen LogP) is 0.271. The minimum Gasteiger partial charge on any atom is -0.459 e. The van der Waals surface area contributed by atoms with Gasteiger partial charge >= 0.3 is 5.97 Å². The summed E-state index contributed by atoms with van der Waals surface area (Å²) in [5, 5.41) is 11.7. The van der Waals surface area contributed by atoms with Crippen LogP contribution in [0.25, 0.3) is 0 Å². The first-order chi connectivity index (χ1) is 12.9. The number of pyridine rings is 1. The monoisotopic (exact) mass is 372 g/mol. The quantitative estimate of drug-likeness (QED) is 0.508. The lowest BCUT2D eigenvalue weighted by atomic mass is 10.2. The van der Waals surface area contributed by atoms with Crippen LogP contribution in [0, 0.1) is 0 Å². The van der Waals surface area contributed by atoms with Crippen molar-refractivity contribution in [1.29, 1.82) is 0 Å². The number of nitrogens with one attached hydrogen (secondary N) is 1. The number of aliphatic hydroxyl groups is 1. The van der Waals surface area contributed by atoms with Crippen LogP contribution in [0.4, 0.5) is 0 Å². The van der Waals surface area contributed by atoms with Crippen molar-refractivity contribution in [3.63, 3.8) is 0 Å². The molecule has 2 aromatic rings. The smallest absolute Gasteiger partial charge is 0.331 e. The second-order valence-electron chi connectivity index (χ2n) is 5.81. The van der Waals surface area contributed by atoms with Crippen LogP contribution in [0.5, 0.6) is 0 Å². The van der Waals surface area contributed by atoms with Crippen LogP contribution in [0.2, 0.25) is 0 Å². The molecule has 0 aliphatic carbocycles. The summed E-state index contributed by atoms with van der Waals surface area (Å²) in [7, 11) is 0. The summed E-state index contributed by atoms with van der Waals surface area (Å²) in [6, 6.07) is 10.5. The van der Waals surface area contributed by atoms with Gasteiger partial charge in [0.1, 0.15) is 13.2 Å². The number of hydrogen-bond acceptors (Lipinski definition) is 6. The average molecular weight is 372 g/mol. The highest BCUT2D eigenvalue weighted by Gasteiger charge is 2.22. The zero-order valence-electron chi connectivity index (χ0n) is 14.8. The molecule has 0 aliphatic heterocycles.